The minimum atomic E-state index is -1.22. The predicted octanol–water partition coefficient (Wildman–Crippen LogP) is 1.48. The summed E-state index contributed by atoms with van der Waals surface area (Å²) in [6.07, 6.45) is 1.14. The molecule has 6 heteroatoms. The predicted molar refractivity (Wildman–Crippen MR) is 39.0 cm³/mol. The van der Waals surface area contributed by atoms with Gasteiger partial charge in [0.25, 0.3) is 0 Å². The molecule has 0 bridgehead atoms. The Hall–Kier alpha value is -0.870. The molecule has 0 saturated carbocycles. The van der Waals surface area contributed by atoms with Crippen LogP contribution in [-0.2, 0) is 0 Å². The van der Waals surface area contributed by atoms with Crippen LogP contribution in [0.2, 0.25) is 10.3 Å². The van der Waals surface area contributed by atoms with Crippen LogP contribution in [-0.4, -0.2) is 21.0 Å². The van der Waals surface area contributed by atoms with Crippen LogP contribution in [0.4, 0.5) is 0 Å². The summed E-state index contributed by atoms with van der Waals surface area (Å²) >= 11 is 10.7. The Morgan fingerprint density at radius 2 is 2.18 bits per heavy atom. The lowest BCUT2D eigenvalue weighted by Gasteiger charge is -1.95. The molecule has 0 aliphatic heterocycles. The first-order valence-corrected chi connectivity index (χ1v) is 3.28. The highest BCUT2D eigenvalue weighted by Gasteiger charge is 2.10. The van der Waals surface area contributed by atoms with E-state index in [0.29, 0.717) is 0 Å². The van der Waals surface area contributed by atoms with Crippen molar-refractivity contribution in [1.29, 1.82) is 0 Å². The lowest BCUT2D eigenvalue weighted by atomic mass is 10.4. The van der Waals surface area contributed by atoms with E-state index in [0.717, 1.165) is 6.20 Å². The number of rotatable bonds is 1. The van der Waals surface area contributed by atoms with Gasteiger partial charge in [-0.2, -0.15) is 0 Å². The van der Waals surface area contributed by atoms with Crippen molar-refractivity contribution < 1.29 is 9.90 Å². The molecule has 58 valence electrons. The van der Waals surface area contributed by atoms with Crippen molar-refractivity contribution in [3.05, 3.63) is 22.2 Å². The van der Waals surface area contributed by atoms with Gasteiger partial charge in [0.2, 0.25) is 5.28 Å². The van der Waals surface area contributed by atoms with Gasteiger partial charge in [-0.25, -0.2) is 14.8 Å². The van der Waals surface area contributed by atoms with Crippen molar-refractivity contribution in [2.45, 2.75) is 0 Å². The molecule has 1 N–H and O–H groups in total. The van der Waals surface area contributed by atoms with Crippen LogP contribution in [0.3, 0.4) is 0 Å². The smallest absolute Gasteiger partial charge is 0.356 e. The van der Waals surface area contributed by atoms with Crippen LogP contribution < -0.4 is 0 Å². The Morgan fingerprint density at radius 3 is 2.64 bits per heavy atom. The number of carboxylic acid groups (broad SMARTS) is 1. The topological polar surface area (TPSA) is 63.1 Å². The van der Waals surface area contributed by atoms with Gasteiger partial charge < -0.3 is 5.11 Å². The zero-order valence-corrected chi connectivity index (χ0v) is 6.60. The molecule has 0 aromatic carbocycles. The Bertz CT molecular complexity index is 303. The molecule has 0 aliphatic carbocycles. The first-order chi connectivity index (χ1) is 5.11. The molecule has 0 unspecified atom stereocenters. The summed E-state index contributed by atoms with van der Waals surface area (Å²) in [5.74, 6) is -1.22. The van der Waals surface area contributed by atoms with E-state index in [2.05, 4.69) is 9.97 Å². The normalized spacial score (nSPS) is 9.64. The summed E-state index contributed by atoms with van der Waals surface area (Å²) < 4.78 is 0. The molecule has 1 aromatic heterocycles. The third-order valence-corrected chi connectivity index (χ3v) is 1.38. The maximum Gasteiger partial charge on any atom is 0.356 e. The van der Waals surface area contributed by atoms with E-state index in [1.54, 1.807) is 0 Å². The van der Waals surface area contributed by atoms with Gasteiger partial charge in [0.15, 0.2) is 5.69 Å². The fraction of sp³-hybridized carbons (Fsp3) is 0. The second-order valence-corrected chi connectivity index (χ2v) is 2.39. The first-order valence-electron chi connectivity index (χ1n) is 2.52. The molecule has 0 spiro atoms. The van der Waals surface area contributed by atoms with Gasteiger partial charge in [0.1, 0.15) is 0 Å². The Morgan fingerprint density at radius 1 is 1.55 bits per heavy atom. The van der Waals surface area contributed by atoms with Gasteiger partial charge in [-0.1, -0.05) is 11.6 Å². The average Bonchev–Trinajstić information content (AvgIpc) is 1.94. The lowest BCUT2D eigenvalue weighted by molar-refractivity contribution is 0.0690. The summed E-state index contributed by atoms with van der Waals surface area (Å²) in [6.45, 7) is 0. The van der Waals surface area contributed by atoms with E-state index < -0.39 is 5.97 Å². The van der Waals surface area contributed by atoms with Crippen LogP contribution in [0.15, 0.2) is 6.20 Å². The monoisotopic (exact) mass is 192 g/mol. The van der Waals surface area contributed by atoms with Crippen molar-refractivity contribution >= 4 is 29.2 Å². The summed E-state index contributed by atoms with van der Waals surface area (Å²) in [5.41, 5.74) is -0.285. The highest BCUT2D eigenvalue weighted by Crippen LogP contribution is 2.13. The molecule has 0 aliphatic rings. The number of carboxylic acids is 1. The van der Waals surface area contributed by atoms with E-state index in [9.17, 15) is 4.79 Å². The van der Waals surface area contributed by atoms with Gasteiger partial charge in [0, 0.05) is 0 Å². The quantitative estimate of drug-likeness (QED) is 0.686. The van der Waals surface area contributed by atoms with Gasteiger partial charge in [-0.15, -0.1) is 0 Å². The molecule has 1 heterocycles. The minimum absolute atomic E-state index is 0.0260. The molecule has 0 saturated heterocycles. The lowest BCUT2D eigenvalue weighted by Crippen LogP contribution is -2.02. The molecule has 1 rings (SSSR count). The maximum atomic E-state index is 10.3. The summed E-state index contributed by atoms with van der Waals surface area (Å²) in [6, 6.07) is 0. The number of hydrogen-bond acceptors (Lipinski definition) is 3. The van der Waals surface area contributed by atoms with E-state index in [-0.39, 0.29) is 16.0 Å². The van der Waals surface area contributed by atoms with E-state index in [1.165, 1.54) is 0 Å². The molecule has 0 amide bonds. The van der Waals surface area contributed by atoms with Gasteiger partial charge in [-0.05, 0) is 11.6 Å². The second-order valence-electron chi connectivity index (χ2n) is 1.64. The fourth-order valence-electron chi connectivity index (χ4n) is 0.496. The SMILES string of the molecule is O=C(O)c1nc(Cl)ncc1Cl. The number of aromatic carboxylic acids is 1. The van der Waals surface area contributed by atoms with Crippen molar-refractivity contribution in [2.75, 3.05) is 0 Å². The van der Waals surface area contributed by atoms with Crippen LogP contribution in [0.5, 0.6) is 0 Å². The van der Waals surface area contributed by atoms with Crippen molar-refractivity contribution in [1.82, 2.24) is 9.97 Å². The van der Waals surface area contributed by atoms with Crippen LogP contribution in [0.25, 0.3) is 0 Å². The van der Waals surface area contributed by atoms with Gasteiger partial charge >= 0.3 is 5.97 Å². The summed E-state index contributed by atoms with van der Waals surface area (Å²) in [4.78, 5) is 17.2. The zero-order valence-electron chi connectivity index (χ0n) is 5.08. The second kappa shape index (κ2) is 3.02. The molecule has 0 radical (unpaired) electrons. The fourth-order valence-corrected chi connectivity index (χ4v) is 0.801. The third-order valence-electron chi connectivity index (χ3n) is 0.917. The van der Waals surface area contributed by atoms with E-state index in [4.69, 9.17) is 28.3 Å². The highest BCUT2D eigenvalue weighted by molar-refractivity contribution is 6.33. The largest absolute Gasteiger partial charge is 0.476 e. The number of hydrogen-bond donors (Lipinski definition) is 1. The molecule has 11 heavy (non-hydrogen) atoms. The number of aromatic nitrogens is 2. The van der Waals surface area contributed by atoms with Crippen LogP contribution in [0, 0.1) is 0 Å². The Balaban J connectivity index is 3.23. The van der Waals surface area contributed by atoms with Gasteiger partial charge in [-0.3, -0.25) is 0 Å². The molecule has 1 aromatic rings. The maximum absolute atomic E-state index is 10.3. The van der Waals surface area contributed by atoms with E-state index in [1.807, 2.05) is 0 Å². The molecular formula is C5H2Cl2N2O2. The molecule has 0 fully saturated rings. The third kappa shape index (κ3) is 1.78. The zero-order chi connectivity index (χ0) is 8.43. The van der Waals surface area contributed by atoms with E-state index >= 15 is 0 Å². The molecule has 4 nitrogen and oxygen atoms in total. The first kappa shape index (κ1) is 8.23. The molecular weight excluding hydrogens is 191 g/mol. The summed E-state index contributed by atoms with van der Waals surface area (Å²) in [7, 11) is 0. The van der Waals surface area contributed by atoms with Crippen molar-refractivity contribution in [3.8, 4) is 0 Å². The number of nitrogens with zero attached hydrogens (tertiary/aromatic N) is 2. The Kier molecular flexibility index (Phi) is 2.26. The minimum Gasteiger partial charge on any atom is -0.476 e. The summed E-state index contributed by atoms with van der Waals surface area (Å²) in [5, 5.41) is 8.30. The molecule has 0 atom stereocenters. The van der Waals surface area contributed by atoms with Crippen molar-refractivity contribution in [3.63, 3.8) is 0 Å². The van der Waals surface area contributed by atoms with Crippen LogP contribution in [0.1, 0.15) is 10.5 Å². The highest BCUT2D eigenvalue weighted by atomic mass is 35.5. The average molecular weight is 193 g/mol. The van der Waals surface area contributed by atoms with Crippen molar-refractivity contribution in [2.24, 2.45) is 0 Å². The number of halogens is 2. The van der Waals surface area contributed by atoms with Gasteiger partial charge in [0.05, 0.1) is 11.2 Å². The Labute approximate surface area is 71.8 Å². The standard InChI is InChI=1S/C5H2Cl2N2O2/c6-2-1-8-5(7)9-3(2)4(10)11/h1H,(H,10,11). The van der Waals surface area contributed by atoms with Crippen LogP contribution >= 0.6 is 23.2 Å². The number of carbonyl (C=O) groups is 1.